The Hall–Kier alpha value is -1.10. The lowest BCUT2D eigenvalue weighted by molar-refractivity contribution is 0.458. The van der Waals surface area contributed by atoms with Crippen LogP contribution in [0, 0.1) is 5.82 Å². The molecule has 0 radical (unpaired) electrons. The van der Waals surface area contributed by atoms with E-state index in [1.54, 1.807) is 0 Å². The number of rotatable bonds is 0. The average molecular weight is 231 g/mol. The van der Waals surface area contributed by atoms with Gasteiger partial charge in [-0.25, -0.2) is 9.37 Å². The average Bonchev–Trinajstić information content (AvgIpc) is 2.30. The fourth-order valence-corrected chi connectivity index (χ4v) is 1.30. The van der Waals surface area contributed by atoms with Crippen molar-refractivity contribution in [3.63, 3.8) is 0 Å². The van der Waals surface area contributed by atoms with Gasteiger partial charge in [-0.05, 0) is 15.9 Å². The first kappa shape index (κ1) is 7.54. The predicted octanol–water partition coefficient (Wildman–Crippen LogP) is 2.17. The summed E-state index contributed by atoms with van der Waals surface area (Å²) in [6.07, 6.45) is 0. The maximum atomic E-state index is 12.8. The van der Waals surface area contributed by atoms with E-state index >= 15 is 0 Å². The third-order valence-electron chi connectivity index (χ3n) is 1.50. The summed E-state index contributed by atoms with van der Waals surface area (Å²) in [5, 5.41) is 9.00. The van der Waals surface area contributed by atoms with Crippen LogP contribution in [0.3, 0.4) is 0 Å². The lowest BCUT2D eigenvalue weighted by Gasteiger charge is -1.92. The number of aromatic hydroxyl groups is 1. The van der Waals surface area contributed by atoms with Gasteiger partial charge < -0.3 is 10.1 Å². The number of hydrogen-bond donors (Lipinski definition) is 2. The molecular weight excluding hydrogens is 227 g/mol. The maximum absolute atomic E-state index is 12.8. The van der Waals surface area contributed by atoms with Gasteiger partial charge in [-0.2, -0.15) is 0 Å². The largest absolute Gasteiger partial charge is 0.495 e. The normalized spacial score (nSPS) is 10.8. The Morgan fingerprint density at radius 2 is 2.25 bits per heavy atom. The number of H-pyrrole nitrogens is 1. The fourth-order valence-electron chi connectivity index (χ4n) is 0.993. The highest BCUT2D eigenvalue weighted by molar-refractivity contribution is 9.10. The van der Waals surface area contributed by atoms with Gasteiger partial charge in [0.2, 0.25) is 0 Å². The highest BCUT2D eigenvalue weighted by atomic mass is 79.9. The molecule has 3 nitrogen and oxygen atoms in total. The van der Waals surface area contributed by atoms with Crippen molar-refractivity contribution in [1.29, 1.82) is 0 Å². The van der Waals surface area contributed by atoms with Crippen LogP contribution in [0.4, 0.5) is 4.39 Å². The molecule has 0 bridgehead atoms. The monoisotopic (exact) mass is 230 g/mol. The van der Waals surface area contributed by atoms with Gasteiger partial charge in [0, 0.05) is 12.1 Å². The van der Waals surface area contributed by atoms with Crippen molar-refractivity contribution in [3.8, 4) is 5.88 Å². The van der Waals surface area contributed by atoms with Crippen LogP contribution in [0.15, 0.2) is 16.7 Å². The van der Waals surface area contributed by atoms with Crippen LogP contribution in [0.1, 0.15) is 0 Å². The topological polar surface area (TPSA) is 48.9 Å². The third kappa shape index (κ3) is 1.06. The molecule has 0 fully saturated rings. The molecule has 0 amide bonds. The number of hydrogen-bond acceptors (Lipinski definition) is 2. The highest BCUT2D eigenvalue weighted by Crippen LogP contribution is 2.22. The number of nitrogens with zero attached hydrogens (tertiary/aromatic N) is 1. The molecule has 0 aliphatic rings. The van der Waals surface area contributed by atoms with E-state index in [2.05, 4.69) is 25.9 Å². The molecule has 2 rings (SSSR count). The van der Waals surface area contributed by atoms with Gasteiger partial charge in [0.05, 0.1) is 11.0 Å². The number of nitrogens with one attached hydrogen (secondary N) is 1. The van der Waals surface area contributed by atoms with Crippen molar-refractivity contribution in [2.75, 3.05) is 0 Å². The molecule has 2 N–H and O–H groups in total. The second-order valence-corrected chi connectivity index (χ2v) is 3.10. The van der Waals surface area contributed by atoms with E-state index in [-0.39, 0.29) is 10.5 Å². The smallest absolute Gasteiger partial charge is 0.190 e. The third-order valence-corrected chi connectivity index (χ3v) is 2.05. The first-order valence-electron chi connectivity index (χ1n) is 3.20. The lowest BCUT2D eigenvalue weighted by atomic mass is 10.4. The SMILES string of the molecule is Oc1cc2nc(Br)c(F)cc2[nH]1. The molecule has 2 aromatic heterocycles. The molecular formula is C7H4BrFN2O. The Morgan fingerprint density at radius 1 is 1.50 bits per heavy atom. The van der Waals surface area contributed by atoms with Gasteiger partial charge in [0.25, 0.3) is 0 Å². The quantitative estimate of drug-likeness (QED) is 0.682. The summed E-state index contributed by atoms with van der Waals surface area (Å²) in [6, 6.07) is 2.70. The van der Waals surface area contributed by atoms with Gasteiger partial charge in [-0.3, -0.25) is 0 Å². The van der Waals surface area contributed by atoms with Crippen molar-refractivity contribution in [2.45, 2.75) is 0 Å². The van der Waals surface area contributed by atoms with E-state index in [1.165, 1.54) is 12.1 Å². The maximum Gasteiger partial charge on any atom is 0.190 e. The molecule has 0 atom stereocenters. The molecule has 0 aliphatic carbocycles. The van der Waals surface area contributed by atoms with Crippen molar-refractivity contribution in [3.05, 3.63) is 22.6 Å². The van der Waals surface area contributed by atoms with Gasteiger partial charge in [-0.1, -0.05) is 0 Å². The van der Waals surface area contributed by atoms with Crippen LogP contribution in [0.2, 0.25) is 0 Å². The molecule has 0 spiro atoms. The van der Waals surface area contributed by atoms with E-state index in [9.17, 15) is 4.39 Å². The van der Waals surface area contributed by atoms with Gasteiger partial charge >= 0.3 is 0 Å². The summed E-state index contributed by atoms with van der Waals surface area (Å²) in [5.74, 6) is -0.473. The molecule has 0 unspecified atom stereocenters. The fraction of sp³-hybridized carbons (Fsp3) is 0. The minimum Gasteiger partial charge on any atom is -0.495 e. The number of pyridine rings is 1. The second kappa shape index (κ2) is 2.45. The van der Waals surface area contributed by atoms with Crippen LogP contribution in [0.25, 0.3) is 11.0 Å². The standard InChI is InChI=1S/C7H4BrFN2O/c8-7-3(9)1-4-5(11-7)2-6(12)10-4/h1-2,10,12H. The summed E-state index contributed by atoms with van der Waals surface area (Å²) in [4.78, 5) is 6.41. The Kier molecular flexibility index (Phi) is 1.54. The van der Waals surface area contributed by atoms with Crippen molar-refractivity contribution < 1.29 is 9.50 Å². The summed E-state index contributed by atoms with van der Waals surface area (Å²) in [5.41, 5.74) is 1.01. The highest BCUT2D eigenvalue weighted by Gasteiger charge is 2.05. The van der Waals surface area contributed by atoms with Gasteiger partial charge in [0.1, 0.15) is 4.60 Å². The van der Waals surface area contributed by atoms with Crippen molar-refractivity contribution >= 4 is 27.0 Å². The van der Waals surface area contributed by atoms with Crippen molar-refractivity contribution in [1.82, 2.24) is 9.97 Å². The van der Waals surface area contributed by atoms with Crippen LogP contribution < -0.4 is 0 Å². The number of halogens is 2. The summed E-state index contributed by atoms with van der Waals surface area (Å²) < 4.78 is 13.0. The molecule has 62 valence electrons. The molecule has 5 heteroatoms. The van der Waals surface area contributed by atoms with Gasteiger partial charge in [-0.15, -0.1) is 0 Å². The Morgan fingerprint density at radius 3 is 3.00 bits per heavy atom. The molecule has 2 heterocycles. The zero-order chi connectivity index (χ0) is 8.72. The molecule has 0 aliphatic heterocycles. The van der Waals surface area contributed by atoms with E-state index < -0.39 is 5.82 Å². The zero-order valence-electron chi connectivity index (χ0n) is 5.81. The van der Waals surface area contributed by atoms with Crippen LogP contribution in [-0.2, 0) is 0 Å². The van der Waals surface area contributed by atoms with Crippen LogP contribution in [-0.4, -0.2) is 15.1 Å². The van der Waals surface area contributed by atoms with E-state index in [0.717, 1.165) is 0 Å². The molecule has 0 saturated heterocycles. The van der Waals surface area contributed by atoms with E-state index in [4.69, 9.17) is 5.11 Å². The summed E-state index contributed by atoms with van der Waals surface area (Å²) in [6.45, 7) is 0. The minimum atomic E-state index is -0.454. The number of aromatic amines is 1. The summed E-state index contributed by atoms with van der Waals surface area (Å²) >= 11 is 2.94. The Labute approximate surface area is 75.4 Å². The first-order valence-corrected chi connectivity index (χ1v) is 4.00. The lowest BCUT2D eigenvalue weighted by Crippen LogP contribution is -1.82. The predicted molar refractivity (Wildman–Crippen MR) is 45.4 cm³/mol. The first-order chi connectivity index (χ1) is 5.66. The second-order valence-electron chi connectivity index (χ2n) is 2.35. The molecule has 2 aromatic rings. The van der Waals surface area contributed by atoms with Crippen LogP contribution >= 0.6 is 15.9 Å². The Bertz CT molecular complexity index is 401. The van der Waals surface area contributed by atoms with E-state index in [0.29, 0.717) is 11.0 Å². The molecule has 0 saturated carbocycles. The van der Waals surface area contributed by atoms with Gasteiger partial charge in [0.15, 0.2) is 11.7 Å². The zero-order valence-corrected chi connectivity index (χ0v) is 7.39. The summed E-state index contributed by atoms with van der Waals surface area (Å²) in [7, 11) is 0. The van der Waals surface area contributed by atoms with Crippen LogP contribution in [0.5, 0.6) is 5.88 Å². The van der Waals surface area contributed by atoms with Crippen molar-refractivity contribution in [2.24, 2.45) is 0 Å². The number of fused-ring (bicyclic) bond motifs is 1. The Balaban J connectivity index is 2.83. The number of aromatic nitrogens is 2. The van der Waals surface area contributed by atoms with E-state index in [1.807, 2.05) is 0 Å². The molecule has 0 aromatic carbocycles. The minimum absolute atomic E-state index is 0.0185. The molecule has 12 heavy (non-hydrogen) atoms.